The molecule has 2 amide bonds. The van der Waals surface area contributed by atoms with Gasteiger partial charge in [0.25, 0.3) is 5.91 Å². The van der Waals surface area contributed by atoms with E-state index in [0.29, 0.717) is 12.0 Å². The fourth-order valence-electron chi connectivity index (χ4n) is 1.86. The third-order valence-corrected chi connectivity index (χ3v) is 3.12. The molecule has 1 aromatic carbocycles. The molecule has 0 spiro atoms. The van der Waals surface area contributed by atoms with Crippen LogP contribution in [0.25, 0.3) is 6.08 Å². The SMILES string of the molecule is CC.CN(C)C(=O)CCC/C=C\c1cccc(C(=O)NCC(=O)O)c1. The van der Waals surface area contributed by atoms with Gasteiger partial charge in [-0.25, -0.2) is 0 Å². The number of carboxylic acid groups (broad SMARTS) is 1. The van der Waals surface area contributed by atoms with Crippen LogP contribution >= 0.6 is 0 Å². The number of aliphatic carboxylic acids is 1. The fourth-order valence-corrected chi connectivity index (χ4v) is 1.86. The molecule has 138 valence electrons. The van der Waals surface area contributed by atoms with Crippen LogP contribution < -0.4 is 5.32 Å². The largest absolute Gasteiger partial charge is 0.480 e. The minimum Gasteiger partial charge on any atom is -0.480 e. The van der Waals surface area contributed by atoms with Gasteiger partial charge in [0.15, 0.2) is 0 Å². The summed E-state index contributed by atoms with van der Waals surface area (Å²) >= 11 is 0. The van der Waals surface area contributed by atoms with Gasteiger partial charge in [-0.15, -0.1) is 0 Å². The van der Waals surface area contributed by atoms with Gasteiger partial charge in [0.2, 0.25) is 5.91 Å². The van der Waals surface area contributed by atoms with Crippen molar-refractivity contribution in [1.82, 2.24) is 10.2 Å². The molecule has 25 heavy (non-hydrogen) atoms. The van der Waals surface area contributed by atoms with E-state index in [1.54, 1.807) is 37.2 Å². The van der Waals surface area contributed by atoms with Crippen LogP contribution in [0.3, 0.4) is 0 Å². The molecule has 0 radical (unpaired) electrons. The second-order valence-corrected chi connectivity index (χ2v) is 5.28. The number of rotatable bonds is 8. The van der Waals surface area contributed by atoms with Crippen molar-refractivity contribution >= 4 is 23.9 Å². The van der Waals surface area contributed by atoms with Crippen LogP contribution in [0.4, 0.5) is 0 Å². The summed E-state index contributed by atoms with van der Waals surface area (Å²) in [6.45, 7) is 3.60. The molecule has 0 aliphatic rings. The number of nitrogens with one attached hydrogen (secondary N) is 1. The maximum Gasteiger partial charge on any atom is 0.322 e. The standard InChI is InChI=1S/C17H22N2O4.C2H6/c1-19(2)15(20)10-5-3-4-7-13-8-6-9-14(11-13)17(23)18-12-16(21)22;1-2/h4,6-9,11H,3,5,10,12H2,1-2H3,(H,18,23)(H,21,22);1-2H3/b7-4-;. The highest BCUT2D eigenvalue weighted by Gasteiger charge is 2.07. The van der Waals surface area contributed by atoms with Gasteiger partial charge in [-0.1, -0.05) is 38.1 Å². The van der Waals surface area contributed by atoms with Crippen LogP contribution in [0.2, 0.25) is 0 Å². The summed E-state index contributed by atoms with van der Waals surface area (Å²) in [4.78, 5) is 35.2. The zero-order valence-electron chi connectivity index (χ0n) is 15.4. The average Bonchev–Trinajstić information content (AvgIpc) is 2.61. The lowest BCUT2D eigenvalue weighted by atomic mass is 10.1. The Bertz CT molecular complexity index is 595. The van der Waals surface area contributed by atoms with Gasteiger partial charge in [0.1, 0.15) is 6.54 Å². The van der Waals surface area contributed by atoms with Crippen molar-refractivity contribution in [2.75, 3.05) is 20.6 Å². The Balaban J connectivity index is 0.00000277. The first kappa shape index (κ1) is 22.4. The number of allylic oxidation sites excluding steroid dienone is 1. The van der Waals surface area contributed by atoms with E-state index in [0.717, 1.165) is 18.4 Å². The van der Waals surface area contributed by atoms with Crippen LogP contribution in [-0.4, -0.2) is 48.4 Å². The van der Waals surface area contributed by atoms with Crippen molar-refractivity contribution in [3.63, 3.8) is 0 Å². The monoisotopic (exact) mass is 348 g/mol. The molecule has 0 aliphatic carbocycles. The van der Waals surface area contributed by atoms with Crippen molar-refractivity contribution in [1.29, 1.82) is 0 Å². The summed E-state index contributed by atoms with van der Waals surface area (Å²) < 4.78 is 0. The van der Waals surface area contributed by atoms with Crippen LogP contribution in [0.1, 0.15) is 49.0 Å². The number of benzene rings is 1. The minimum absolute atomic E-state index is 0.107. The number of carbonyl (C=O) groups is 3. The molecule has 0 atom stereocenters. The number of hydrogen-bond donors (Lipinski definition) is 2. The number of amides is 2. The molecular formula is C19H28N2O4. The van der Waals surface area contributed by atoms with E-state index in [1.807, 2.05) is 32.1 Å². The predicted octanol–water partition coefficient (Wildman–Crippen LogP) is 2.80. The highest BCUT2D eigenvalue weighted by Crippen LogP contribution is 2.09. The van der Waals surface area contributed by atoms with E-state index < -0.39 is 18.4 Å². The number of hydrogen-bond acceptors (Lipinski definition) is 3. The van der Waals surface area contributed by atoms with Gasteiger partial charge < -0.3 is 15.3 Å². The van der Waals surface area contributed by atoms with Gasteiger partial charge in [-0.05, 0) is 30.5 Å². The van der Waals surface area contributed by atoms with Gasteiger partial charge in [-0.2, -0.15) is 0 Å². The summed E-state index contributed by atoms with van der Waals surface area (Å²) in [7, 11) is 3.47. The highest BCUT2D eigenvalue weighted by molar-refractivity contribution is 5.96. The Kier molecular flexibility index (Phi) is 11.4. The summed E-state index contributed by atoms with van der Waals surface area (Å²) in [6, 6.07) is 6.92. The first-order chi connectivity index (χ1) is 11.9. The van der Waals surface area contributed by atoms with Crippen molar-refractivity contribution in [2.24, 2.45) is 0 Å². The molecule has 0 fully saturated rings. The van der Waals surface area contributed by atoms with Crippen molar-refractivity contribution in [3.05, 3.63) is 41.5 Å². The van der Waals surface area contributed by atoms with Gasteiger partial charge >= 0.3 is 5.97 Å². The van der Waals surface area contributed by atoms with Gasteiger partial charge in [-0.3, -0.25) is 14.4 Å². The van der Waals surface area contributed by atoms with Gasteiger partial charge in [0, 0.05) is 26.1 Å². The number of carbonyl (C=O) groups excluding carboxylic acids is 2. The molecule has 0 heterocycles. The molecule has 0 bridgehead atoms. The smallest absolute Gasteiger partial charge is 0.322 e. The first-order valence-corrected chi connectivity index (χ1v) is 8.37. The number of carboxylic acids is 1. The molecule has 0 saturated heterocycles. The zero-order valence-corrected chi connectivity index (χ0v) is 15.4. The van der Waals surface area contributed by atoms with Crippen molar-refractivity contribution in [2.45, 2.75) is 33.1 Å². The summed E-state index contributed by atoms with van der Waals surface area (Å²) in [6.07, 6.45) is 5.89. The Morgan fingerprint density at radius 2 is 1.88 bits per heavy atom. The molecule has 0 aliphatic heterocycles. The second kappa shape index (κ2) is 12.8. The highest BCUT2D eigenvalue weighted by atomic mass is 16.4. The summed E-state index contributed by atoms with van der Waals surface area (Å²) in [5, 5.41) is 10.9. The maximum absolute atomic E-state index is 11.8. The lowest BCUT2D eigenvalue weighted by molar-refractivity contribution is -0.135. The summed E-state index contributed by atoms with van der Waals surface area (Å²) in [5.41, 5.74) is 1.27. The zero-order chi connectivity index (χ0) is 19.2. The van der Waals surface area contributed by atoms with Crippen LogP contribution in [0.15, 0.2) is 30.3 Å². The third-order valence-electron chi connectivity index (χ3n) is 3.12. The van der Waals surface area contributed by atoms with E-state index >= 15 is 0 Å². The van der Waals surface area contributed by atoms with Crippen LogP contribution in [0, 0.1) is 0 Å². The minimum atomic E-state index is -1.08. The number of nitrogens with zero attached hydrogens (tertiary/aromatic N) is 1. The molecule has 1 aromatic rings. The molecule has 1 rings (SSSR count). The number of unbranched alkanes of at least 4 members (excludes halogenated alkanes) is 1. The van der Waals surface area contributed by atoms with E-state index in [4.69, 9.17) is 5.11 Å². The molecule has 0 saturated carbocycles. The normalized spacial score (nSPS) is 9.92. The van der Waals surface area contributed by atoms with Crippen molar-refractivity contribution < 1.29 is 19.5 Å². The van der Waals surface area contributed by atoms with E-state index in [2.05, 4.69) is 5.32 Å². The predicted molar refractivity (Wildman–Crippen MR) is 99.3 cm³/mol. The second-order valence-electron chi connectivity index (χ2n) is 5.28. The lowest BCUT2D eigenvalue weighted by Gasteiger charge is -2.08. The quantitative estimate of drug-likeness (QED) is 0.707. The molecule has 6 nitrogen and oxygen atoms in total. The fraction of sp³-hybridized carbons (Fsp3) is 0.421. The first-order valence-electron chi connectivity index (χ1n) is 8.37. The molecular weight excluding hydrogens is 320 g/mol. The molecule has 0 unspecified atom stereocenters. The Morgan fingerprint density at radius 1 is 1.20 bits per heavy atom. The average molecular weight is 348 g/mol. The maximum atomic E-state index is 11.8. The van der Waals surface area contributed by atoms with E-state index in [9.17, 15) is 14.4 Å². The van der Waals surface area contributed by atoms with Crippen LogP contribution in [-0.2, 0) is 9.59 Å². The lowest BCUT2D eigenvalue weighted by Crippen LogP contribution is -2.29. The molecule has 2 N–H and O–H groups in total. The Hall–Kier alpha value is -2.63. The third kappa shape index (κ3) is 9.96. The summed E-state index contributed by atoms with van der Waals surface area (Å²) in [5.74, 6) is -1.39. The van der Waals surface area contributed by atoms with Gasteiger partial charge in [0.05, 0.1) is 0 Å². The molecule has 6 heteroatoms. The molecule has 0 aromatic heterocycles. The topological polar surface area (TPSA) is 86.7 Å². The van der Waals surface area contributed by atoms with Crippen LogP contribution in [0.5, 0.6) is 0 Å². The van der Waals surface area contributed by atoms with E-state index in [-0.39, 0.29) is 5.91 Å². The Morgan fingerprint density at radius 3 is 2.48 bits per heavy atom. The van der Waals surface area contributed by atoms with Crippen molar-refractivity contribution in [3.8, 4) is 0 Å². The van der Waals surface area contributed by atoms with E-state index in [1.165, 1.54) is 0 Å². The Labute approximate surface area is 149 Å².